The number of hydrogen-bond acceptors (Lipinski definition) is 1. The van der Waals surface area contributed by atoms with Crippen molar-refractivity contribution in [1.29, 1.82) is 0 Å². The molecule has 0 fully saturated rings. The maximum Gasteiger partial charge on any atom is 0.0450 e. The summed E-state index contributed by atoms with van der Waals surface area (Å²) in [6, 6.07) is 11.8. The van der Waals surface area contributed by atoms with Crippen LogP contribution in [0, 0.1) is 6.92 Å². The standard InChI is InChI=1S/C12H10ClN/c1-9-12(3-2-8-14-9)10-4-6-11(13)7-5-10/h2-8H,1H3. The van der Waals surface area contributed by atoms with Crippen molar-refractivity contribution < 1.29 is 0 Å². The molecule has 0 aliphatic rings. The van der Waals surface area contributed by atoms with Crippen LogP contribution in [0.5, 0.6) is 0 Å². The minimum atomic E-state index is 0.760. The van der Waals surface area contributed by atoms with Crippen LogP contribution in [-0.2, 0) is 0 Å². The number of nitrogens with zero attached hydrogens (tertiary/aromatic N) is 1. The molecular formula is C12H10ClN. The summed E-state index contributed by atoms with van der Waals surface area (Å²) in [6.45, 7) is 2.00. The van der Waals surface area contributed by atoms with E-state index >= 15 is 0 Å². The summed E-state index contributed by atoms with van der Waals surface area (Å²) in [4.78, 5) is 4.24. The van der Waals surface area contributed by atoms with Gasteiger partial charge in [-0.3, -0.25) is 4.98 Å². The topological polar surface area (TPSA) is 12.9 Å². The van der Waals surface area contributed by atoms with E-state index < -0.39 is 0 Å². The quantitative estimate of drug-likeness (QED) is 0.689. The molecule has 2 heteroatoms. The fourth-order valence-electron chi connectivity index (χ4n) is 1.42. The molecule has 70 valence electrons. The third-order valence-electron chi connectivity index (χ3n) is 2.16. The minimum absolute atomic E-state index is 0.760. The summed E-state index contributed by atoms with van der Waals surface area (Å²) in [6.07, 6.45) is 1.80. The predicted molar refractivity (Wildman–Crippen MR) is 59.4 cm³/mol. The molecule has 0 radical (unpaired) electrons. The molecule has 0 amide bonds. The summed E-state index contributed by atoms with van der Waals surface area (Å²) < 4.78 is 0. The SMILES string of the molecule is Cc1ncccc1-c1ccc(Cl)cc1. The zero-order valence-electron chi connectivity index (χ0n) is 7.87. The van der Waals surface area contributed by atoms with Crippen molar-refractivity contribution >= 4 is 11.6 Å². The van der Waals surface area contributed by atoms with Gasteiger partial charge in [0.15, 0.2) is 0 Å². The largest absolute Gasteiger partial charge is 0.261 e. The van der Waals surface area contributed by atoms with Gasteiger partial charge in [-0.1, -0.05) is 29.8 Å². The smallest absolute Gasteiger partial charge is 0.0450 e. The monoisotopic (exact) mass is 203 g/mol. The average molecular weight is 204 g/mol. The highest BCUT2D eigenvalue weighted by Gasteiger charge is 2.00. The van der Waals surface area contributed by atoms with Gasteiger partial charge in [-0.2, -0.15) is 0 Å². The van der Waals surface area contributed by atoms with Gasteiger partial charge in [-0.25, -0.2) is 0 Å². The van der Waals surface area contributed by atoms with Crippen molar-refractivity contribution in [3.63, 3.8) is 0 Å². The van der Waals surface area contributed by atoms with Gasteiger partial charge in [0, 0.05) is 22.5 Å². The number of aromatic nitrogens is 1. The Labute approximate surface area is 88.4 Å². The number of halogens is 1. The second-order valence-electron chi connectivity index (χ2n) is 3.14. The molecule has 0 aliphatic carbocycles. The van der Waals surface area contributed by atoms with Crippen LogP contribution in [0.4, 0.5) is 0 Å². The van der Waals surface area contributed by atoms with Crippen LogP contribution in [0.2, 0.25) is 5.02 Å². The molecule has 1 heterocycles. The van der Waals surface area contributed by atoms with Crippen molar-refractivity contribution in [3.05, 3.63) is 53.3 Å². The number of aryl methyl sites for hydroxylation is 1. The summed E-state index contributed by atoms with van der Waals surface area (Å²) >= 11 is 5.82. The van der Waals surface area contributed by atoms with Gasteiger partial charge < -0.3 is 0 Å². The van der Waals surface area contributed by atoms with Crippen molar-refractivity contribution in [2.24, 2.45) is 0 Å². The first-order valence-electron chi connectivity index (χ1n) is 4.45. The van der Waals surface area contributed by atoms with Crippen LogP contribution in [0.3, 0.4) is 0 Å². The zero-order chi connectivity index (χ0) is 9.97. The normalized spacial score (nSPS) is 10.1. The fraction of sp³-hybridized carbons (Fsp3) is 0.0833. The molecule has 0 saturated heterocycles. The second-order valence-corrected chi connectivity index (χ2v) is 3.58. The van der Waals surface area contributed by atoms with Gasteiger partial charge in [-0.15, -0.1) is 0 Å². The number of benzene rings is 1. The van der Waals surface area contributed by atoms with Crippen LogP contribution in [0.15, 0.2) is 42.6 Å². The third-order valence-corrected chi connectivity index (χ3v) is 2.41. The van der Waals surface area contributed by atoms with E-state index in [1.54, 1.807) is 6.20 Å². The molecule has 14 heavy (non-hydrogen) atoms. The molecule has 1 nitrogen and oxygen atoms in total. The summed E-state index contributed by atoms with van der Waals surface area (Å²) in [7, 11) is 0. The predicted octanol–water partition coefficient (Wildman–Crippen LogP) is 3.71. The lowest BCUT2D eigenvalue weighted by molar-refractivity contribution is 1.20. The molecule has 0 N–H and O–H groups in total. The molecule has 1 aromatic heterocycles. The van der Waals surface area contributed by atoms with E-state index in [0.29, 0.717) is 0 Å². The Morgan fingerprint density at radius 3 is 2.43 bits per heavy atom. The van der Waals surface area contributed by atoms with Crippen molar-refractivity contribution in [2.75, 3.05) is 0 Å². The first kappa shape index (κ1) is 9.22. The van der Waals surface area contributed by atoms with Crippen LogP contribution in [0.1, 0.15) is 5.69 Å². The maximum absolute atomic E-state index is 5.82. The van der Waals surface area contributed by atoms with Crippen molar-refractivity contribution in [1.82, 2.24) is 4.98 Å². The van der Waals surface area contributed by atoms with E-state index in [1.165, 1.54) is 0 Å². The van der Waals surface area contributed by atoms with Gasteiger partial charge >= 0.3 is 0 Å². The Hall–Kier alpha value is -1.34. The lowest BCUT2D eigenvalue weighted by atomic mass is 10.1. The molecule has 1 aromatic carbocycles. The second kappa shape index (κ2) is 3.81. The highest BCUT2D eigenvalue weighted by molar-refractivity contribution is 6.30. The van der Waals surface area contributed by atoms with Gasteiger partial charge in [0.1, 0.15) is 0 Å². The number of rotatable bonds is 1. The van der Waals surface area contributed by atoms with E-state index in [2.05, 4.69) is 11.1 Å². The third kappa shape index (κ3) is 1.78. The van der Waals surface area contributed by atoms with Gasteiger partial charge in [0.25, 0.3) is 0 Å². The van der Waals surface area contributed by atoms with Gasteiger partial charge in [0.05, 0.1) is 0 Å². The Bertz CT molecular complexity index is 434. The average Bonchev–Trinajstić information content (AvgIpc) is 2.20. The van der Waals surface area contributed by atoms with Crippen LogP contribution in [0.25, 0.3) is 11.1 Å². The molecular weight excluding hydrogens is 194 g/mol. The first-order valence-corrected chi connectivity index (χ1v) is 4.83. The Balaban J connectivity index is 2.50. The van der Waals surface area contributed by atoms with Crippen LogP contribution in [-0.4, -0.2) is 4.98 Å². The van der Waals surface area contributed by atoms with E-state index in [0.717, 1.165) is 21.8 Å². The molecule has 0 aliphatic heterocycles. The van der Waals surface area contributed by atoms with Crippen molar-refractivity contribution in [3.8, 4) is 11.1 Å². The number of hydrogen-bond donors (Lipinski definition) is 0. The lowest BCUT2D eigenvalue weighted by Gasteiger charge is -2.04. The maximum atomic E-state index is 5.82. The Kier molecular flexibility index (Phi) is 2.51. The summed E-state index contributed by atoms with van der Waals surface area (Å²) in [5.41, 5.74) is 3.35. The summed E-state index contributed by atoms with van der Waals surface area (Å²) in [5.74, 6) is 0. The molecule has 0 spiro atoms. The van der Waals surface area contributed by atoms with Crippen molar-refractivity contribution in [2.45, 2.75) is 6.92 Å². The Morgan fingerprint density at radius 1 is 1.07 bits per heavy atom. The minimum Gasteiger partial charge on any atom is -0.261 e. The number of pyridine rings is 1. The van der Waals surface area contributed by atoms with E-state index in [-0.39, 0.29) is 0 Å². The highest BCUT2D eigenvalue weighted by atomic mass is 35.5. The van der Waals surface area contributed by atoms with Gasteiger partial charge in [-0.05, 0) is 30.7 Å². The molecule has 0 unspecified atom stereocenters. The lowest BCUT2D eigenvalue weighted by Crippen LogP contribution is -1.85. The zero-order valence-corrected chi connectivity index (χ0v) is 8.62. The van der Waals surface area contributed by atoms with E-state index in [4.69, 9.17) is 11.6 Å². The summed E-state index contributed by atoms with van der Waals surface area (Å²) in [5, 5.41) is 0.760. The Morgan fingerprint density at radius 2 is 1.79 bits per heavy atom. The molecule has 2 rings (SSSR count). The highest BCUT2D eigenvalue weighted by Crippen LogP contribution is 2.22. The van der Waals surface area contributed by atoms with Crippen LogP contribution < -0.4 is 0 Å². The molecule has 2 aromatic rings. The van der Waals surface area contributed by atoms with E-state index in [1.807, 2.05) is 37.3 Å². The van der Waals surface area contributed by atoms with Gasteiger partial charge in [0.2, 0.25) is 0 Å². The first-order chi connectivity index (χ1) is 6.77. The van der Waals surface area contributed by atoms with Crippen LogP contribution >= 0.6 is 11.6 Å². The molecule has 0 atom stereocenters. The fourth-order valence-corrected chi connectivity index (χ4v) is 1.54. The van der Waals surface area contributed by atoms with E-state index in [9.17, 15) is 0 Å². The molecule has 0 saturated carbocycles. The molecule has 0 bridgehead atoms.